The summed E-state index contributed by atoms with van der Waals surface area (Å²) in [6.45, 7) is 2.05. The monoisotopic (exact) mass is 290 g/mol. The fraction of sp³-hybridized carbons (Fsp3) is 0.357. The van der Waals surface area contributed by atoms with Crippen molar-refractivity contribution in [2.75, 3.05) is 13.1 Å². The number of fused-ring (bicyclic) bond motifs is 2. The number of amides is 1. The molecule has 0 bridgehead atoms. The van der Waals surface area contributed by atoms with E-state index in [0.717, 1.165) is 24.1 Å². The van der Waals surface area contributed by atoms with Crippen molar-refractivity contribution in [2.45, 2.75) is 6.04 Å². The minimum atomic E-state index is -0.00745. The Labute approximate surface area is 122 Å². The molecule has 1 saturated heterocycles. The largest absolute Gasteiger partial charge is 0.349 e. The van der Waals surface area contributed by atoms with Gasteiger partial charge in [0, 0.05) is 37.1 Å². The average molecular weight is 291 g/mol. The third kappa shape index (κ3) is 2.13. The first-order valence-electron chi connectivity index (χ1n) is 6.55. The molecule has 2 unspecified atom stereocenters. The van der Waals surface area contributed by atoms with Crippen LogP contribution in [0.15, 0.2) is 30.6 Å². The van der Waals surface area contributed by atoms with Crippen LogP contribution in [0.25, 0.3) is 11.0 Å². The maximum absolute atomic E-state index is 12.2. The van der Waals surface area contributed by atoms with Gasteiger partial charge in [0.2, 0.25) is 0 Å². The van der Waals surface area contributed by atoms with Crippen molar-refractivity contribution in [2.24, 2.45) is 11.8 Å². The standard InChI is InChI=1S/C14H14N4O.ClH/c19-14(18-13-9-6-15-7-10(9)13)8-1-2-11-12(5-8)17-4-3-16-11;/h1-5,9-10,13,15H,6-7H2,(H,18,19);1H. The van der Waals surface area contributed by atoms with Crippen LogP contribution in [-0.4, -0.2) is 35.0 Å². The van der Waals surface area contributed by atoms with Crippen LogP contribution in [0.5, 0.6) is 0 Å². The minimum absolute atomic E-state index is 0. The third-order valence-electron chi connectivity index (χ3n) is 4.12. The van der Waals surface area contributed by atoms with E-state index >= 15 is 0 Å². The Morgan fingerprint density at radius 2 is 1.85 bits per heavy atom. The van der Waals surface area contributed by atoms with Crippen LogP contribution in [0.3, 0.4) is 0 Å². The quantitative estimate of drug-likeness (QED) is 0.866. The molecular formula is C14H15ClN4O. The van der Waals surface area contributed by atoms with Gasteiger partial charge in [-0.05, 0) is 30.0 Å². The van der Waals surface area contributed by atoms with Crippen LogP contribution in [0.1, 0.15) is 10.4 Å². The number of hydrogen-bond acceptors (Lipinski definition) is 4. The molecular weight excluding hydrogens is 276 g/mol. The Morgan fingerprint density at radius 3 is 2.60 bits per heavy atom. The van der Waals surface area contributed by atoms with Gasteiger partial charge in [0.25, 0.3) is 5.91 Å². The fourth-order valence-electron chi connectivity index (χ4n) is 2.97. The minimum Gasteiger partial charge on any atom is -0.349 e. The van der Waals surface area contributed by atoms with Crippen molar-refractivity contribution in [3.05, 3.63) is 36.2 Å². The summed E-state index contributed by atoms with van der Waals surface area (Å²) in [5.74, 6) is 1.25. The summed E-state index contributed by atoms with van der Waals surface area (Å²) in [6, 6.07) is 5.80. The van der Waals surface area contributed by atoms with E-state index in [2.05, 4.69) is 20.6 Å². The zero-order valence-electron chi connectivity index (χ0n) is 10.7. The normalized spacial score (nSPS) is 26.7. The van der Waals surface area contributed by atoms with Gasteiger partial charge in [0.1, 0.15) is 0 Å². The zero-order chi connectivity index (χ0) is 12.8. The Bertz CT molecular complexity index is 652. The molecule has 1 aromatic heterocycles. The molecule has 1 saturated carbocycles. The van der Waals surface area contributed by atoms with Crippen molar-refractivity contribution in [1.29, 1.82) is 0 Å². The van der Waals surface area contributed by atoms with E-state index < -0.39 is 0 Å². The first-order valence-corrected chi connectivity index (χ1v) is 6.55. The molecule has 1 amide bonds. The van der Waals surface area contributed by atoms with Crippen LogP contribution in [0.2, 0.25) is 0 Å². The first-order chi connectivity index (χ1) is 9.33. The summed E-state index contributed by atoms with van der Waals surface area (Å²) < 4.78 is 0. The molecule has 2 atom stereocenters. The SMILES string of the molecule is Cl.O=C(NC1C2CNCC21)c1ccc2nccnc2c1. The van der Waals surface area contributed by atoms with Crippen molar-refractivity contribution < 1.29 is 4.79 Å². The predicted molar refractivity (Wildman–Crippen MR) is 77.9 cm³/mol. The number of halogens is 1. The summed E-state index contributed by atoms with van der Waals surface area (Å²) in [5, 5.41) is 6.43. The van der Waals surface area contributed by atoms with Crippen molar-refractivity contribution in [3.8, 4) is 0 Å². The lowest BCUT2D eigenvalue weighted by atomic mass is 10.2. The number of carbonyl (C=O) groups is 1. The van der Waals surface area contributed by atoms with E-state index in [1.54, 1.807) is 18.5 Å². The molecule has 5 nitrogen and oxygen atoms in total. The number of nitrogens with one attached hydrogen (secondary N) is 2. The molecule has 0 radical (unpaired) electrons. The lowest BCUT2D eigenvalue weighted by Crippen LogP contribution is -2.32. The second-order valence-corrected chi connectivity index (χ2v) is 5.25. The number of nitrogens with zero attached hydrogens (tertiary/aromatic N) is 2. The van der Waals surface area contributed by atoms with Crippen LogP contribution < -0.4 is 10.6 Å². The molecule has 104 valence electrons. The van der Waals surface area contributed by atoms with Gasteiger partial charge < -0.3 is 10.6 Å². The van der Waals surface area contributed by atoms with Gasteiger partial charge in [-0.1, -0.05) is 0 Å². The van der Waals surface area contributed by atoms with Gasteiger partial charge in [-0.25, -0.2) is 0 Å². The molecule has 4 rings (SSSR count). The maximum atomic E-state index is 12.2. The number of hydrogen-bond donors (Lipinski definition) is 2. The first kappa shape index (κ1) is 13.3. The fourth-order valence-corrected chi connectivity index (χ4v) is 2.97. The maximum Gasteiger partial charge on any atom is 0.251 e. The van der Waals surface area contributed by atoms with Crippen LogP contribution in [-0.2, 0) is 0 Å². The number of aromatic nitrogens is 2. The molecule has 1 aromatic carbocycles. The molecule has 0 spiro atoms. The highest BCUT2D eigenvalue weighted by Gasteiger charge is 2.53. The second-order valence-electron chi connectivity index (χ2n) is 5.25. The molecule has 20 heavy (non-hydrogen) atoms. The van der Waals surface area contributed by atoms with E-state index in [1.165, 1.54) is 0 Å². The van der Waals surface area contributed by atoms with Crippen molar-refractivity contribution >= 4 is 29.3 Å². The predicted octanol–water partition coefficient (Wildman–Crippen LogP) is 0.999. The molecule has 2 N–H and O–H groups in total. The highest BCUT2D eigenvalue weighted by Crippen LogP contribution is 2.41. The van der Waals surface area contributed by atoms with Crippen LogP contribution in [0.4, 0.5) is 0 Å². The smallest absolute Gasteiger partial charge is 0.251 e. The molecule has 1 aliphatic heterocycles. The summed E-state index contributed by atoms with van der Waals surface area (Å²) >= 11 is 0. The lowest BCUT2D eigenvalue weighted by molar-refractivity contribution is 0.0946. The van der Waals surface area contributed by atoms with E-state index in [-0.39, 0.29) is 18.3 Å². The van der Waals surface area contributed by atoms with Crippen LogP contribution in [0, 0.1) is 11.8 Å². The summed E-state index contributed by atoms with van der Waals surface area (Å²) in [6.07, 6.45) is 3.29. The Balaban J connectivity index is 0.00000121. The molecule has 1 aliphatic carbocycles. The molecule has 2 aliphatic rings. The topological polar surface area (TPSA) is 66.9 Å². The van der Waals surface area contributed by atoms with Crippen molar-refractivity contribution in [1.82, 2.24) is 20.6 Å². The van der Waals surface area contributed by atoms with Gasteiger partial charge in [0.15, 0.2) is 0 Å². The molecule has 2 aromatic rings. The number of carbonyl (C=O) groups excluding carboxylic acids is 1. The molecule has 2 heterocycles. The summed E-state index contributed by atoms with van der Waals surface area (Å²) in [7, 11) is 0. The number of benzene rings is 1. The molecule has 6 heteroatoms. The molecule has 2 fully saturated rings. The second kappa shape index (κ2) is 5.00. The van der Waals surface area contributed by atoms with E-state index in [9.17, 15) is 4.79 Å². The Morgan fingerprint density at radius 1 is 1.15 bits per heavy atom. The highest BCUT2D eigenvalue weighted by atomic mass is 35.5. The number of rotatable bonds is 2. The van der Waals surface area contributed by atoms with Gasteiger partial charge in [-0.15, -0.1) is 12.4 Å². The zero-order valence-corrected chi connectivity index (χ0v) is 11.6. The Hall–Kier alpha value is -1.72. The van der Waals surface area contributed by atoms with E-state index in [4.69, 9.17) is 0 Å². The third-order valence-corrected chi connectivity index (χ3v) is 4.12. The summed E-state index contributed by atoms with van der Waals surface area (Å²) in [5.41, 5.74) is 2.23. The van der Waals surface area contributed by atoms with Gasteiger partial charge in [-0.2, -0.15) is 0 Å². The van der Waals surface area contributed by atoms with E-state index in [1.807, 2.05) is 12.1 Å². The van der Waals surface area contributed by atoms with Crippen molar-refractivity contribution in [3.63, 3.8) is 0 Å². The average Bonchev–Trinajstić information content (AvgIpc) is 2.88. The van der Waals surface area contributed by atoms with Gasteiger partial charge in [0.05, 0.1) is 11.0 Å². The lowest BCUT2D eigenvalue weighted by Gasteiger charge is -2.08. The summed E-state index contributed by atoms with van der Waals surface area (Å²) in [4.78, 5) is 20.6. The van der Waals surface area contributed by atoms with Gasteiger partial charge in [-0.3, -0.25) is 14.8 Å². The number of piperidine rings is 1. The van der Waals surface area contributed by atoms with Gasteiger partial charge >= 0.3 is 0 Å². The Kier molecular flexibility index (Phi) is 3.31. The van der Waals surface area contributed by atoms with E-state index in [0.29, 0.717) is 23.4 Å². The highest BCUT2D eigenvalue weighted by molar-refractivity contribution is 5.97. The van der Waals surface area contributed by atoms with Crippen LogP contribution >= 0.6 is 12.4 Å².